The second kappa shape index (κ2) is 7.29. The van der Waals surface area contributed by atoms with Crippen molar-refractivity contribution >= 4 is 5.97 Å². The van der Waals surface area contributed by atoms with Crippen molar-refractivity contribution in [1.82, 2.24) is 0 Å². The van der Waals surface area contributed by atoms with Crippen LogP contribution in [-0.4, -0.2) is 22.8 Å². The molecule has 0 heterocycles. The van der Waals surface area contributed by atoms with Gasteiger partial charge in [0.25, 0.3) is 0 Å². The van der Waals surface area contributed by atoms with Crippen LogP contribution in [0.25, 0.3) is 0 Å². The average molecular weight is 280 g/mol. The zero-order valence-corrected chi connectivity index (χ0v) is 12.4. The Kier molecular flexibility index (Phi) is 6.02. The molecule has 1 aromatic carbocycles. The van der Waals surface area contributed by atoms with E-state index in [2.05, 4.69) is 0 Å². The minimum absolute atomic E-state index is 0.464. The Labute approximate surface area is 120 Å². The Hall–Kier alpha value is -1.55. The predicted molar refractivity (Wildman–Crippen MR) is 77.8 cm³/mol. The lowest BCUT2D eigenvalue weighted by molar-refractivity contribution is -0.152. The van der Waals surface area contributed by atoms with Gasteiger partial charge in [0.15, 0.2) is 0 Å². The number of hydrogen-bond acceptors (Lipinski definition) is 3. The van der Waals surface area contributed by atoms with E-state index >= 15 is 0 Å². The summed E-state index contributed by atoms with van der Waals surface area (Å²) in [6, 6.07) is 6.97. The Bertz CT molecular complexity index is 423. The van der Waals surface area contributed by atoms with E-state index < -0.39 is 17.5 Å². The van der Waals surface area contributed by atoms with Crippen LogP contribution in [0.3, 0.4) is 0 Å². The summed E-state index contributed by atoms with van der Waals surface area (Å²) in [5.74, 6) is -1.05. The van der Waals surface area contributed by atoms with Crippen molar-refractivity contribution < 1.29 is 19.7 Å². The summed E-state index contributed by atoms with van der Waals surface area (Å²) < 4.78 is 5.35. The smallest absolute Gasteiger partial charge is 0.309 e. The quantitative estimate of drug-likeness (QED) is 0.767. The number of carboxylic acids is 1. The molecular formula is C16H24O4. The molecule has 0 aliphatic rings. The highest BCUT2D eigenvalue weighted by Gasteiger charge is 2.38. The number of ether oxygens (including phenoxy) is 1. The lowest BCUT2D eigenvalue weighted by Gasteiger charge is -2.30. The summed E-state index contributed by atoms with van der Waals surface area (Å²) >= 11 is 0. The number of aliphatic hydroxyl groups is 1. The number of hydrogen-bond donors (Lipinski definition) is 2. The van der Waals surface area contributed by atoms with Crippen LogP contribution in [-0.2, 0) is 10.4 Å². The zero-order chi connectivity index (χ0) is 15.2. The first-order valence-electron chi connectivity index (χ1n) is 7.12. The molecule has 0 aromatic heterocycles. The molecule has 0 spiro atoms. The van der Waals surface area contributed by atoms with Crippen LogP contribution >= 0.6 is 0 Å². The normalized spacial score (nSPS) is 15.4. The first-order valence-corrected chi connectivity index (χ1v) is 7.12. The van der Waals surface area contributed by atoms with Crippen molar-refractivity contribution in [3.05, 3.63) is 29.8 Å². The van der Waals surface area contributed by atoms with Crippen LogP contribution in [0, 0.1) is 5.92 Å². The highest BCUT2D eigenvalue weighted by molar-refractivity contribution is 5.72. The van der Waals surface area contributed by atoms with Gasteiger partial charge in [-0.3, -0.25) is 4.79 Å². The van der Waals surface area contributed by atoms with Gasteiger partial charge in [-0.05, 0) is 38.0 Å². The van der Waals surface area contributed by atoms with Crippen LogP contribution < -0.4 is 4.74 Å². The lowest BCUT2D eigenvalue weighted by atomic mass is 9.80. The Morgan fingerprint density at radius 3 is 2.35 bits per heavy atom. The molecule has 0 aliphatic heterocycles. The predicted octanol–water partition coefficient (Wildman–Crippen LogP) is 3.18. The SMILES string of the molecule is CCCCC(C(=O)O)C(C)(O)c1ccc(OCC)cc1. The van der Waals surface area contributed by atoms with E-state index in [1.165, 1.54) is 0 Å². The molecule has 4 heteroatoms. The van der Waals surface area contributed by atoms with Crippen molar-refractivity contribution in [3.8, 4) is 5.75 Å². The minimum atomic E-state index is -1.38. The van der Waals surface area contributed by atoms with Crippen molar-refractivity contribution in [2.75, 3.05) is 6.61 Å². The largest absolute Gasteiger partial charge is 0.494 e. The molecule has 112 valence electrons. The summed E-state index contributed by atoms with van der Waals surface area (Å²) in [6.07, 6.45) is 2.15. The third-order valence-electron chi connectivity index (χ3n) is 3.57. The number of rotatable bonds is 8. The highest BCUT2D eigenvalue weighted by atomic mass is 16.5. The average Bonchev–Trinajstić information content (AvgIpc) is 2.39. The molecule has 0 saturated carbocycles. The van der Waals surface area contributed by atoms with Crippen molar-refractivity contribution in [2.24, 2.45) is 5.92 Å². The third-order valence-corrected chi connectivity index (χ3v) is 3.57. The maximum atomic E-state index is 11.4. The molecule has 0 saturated heterocycles. The van der Waals surface area contributed by atoms with Crippen molar-refractivity contribution in [3.63, 3.8) is 0 Å². The standard InChI is InChI=1S/C16H24O4/c1-4-6-7-14(15(17)18)16(3,19)12-8-10-13(11-9-12)20-5-2/h8-11,14,19H,4-7H2,1-3H3,(H,17,18). The van der Waals surface area contributed by atoms with Crippen molar-refractivity contribution in [1.29, 1.82) is 0 Å². The first kappa shape index (κ1) is 16.5. The molecule has 0 fully saturated rings. The van der Waals surface area contributed by atoms with Gasteiger partial charge in [-0.1, -0.05) is 31.9 Å². The summed E-state index contributed by atoms with van der Waals surface area (Å²) in [5, 5.41) is 20.0. The molecule has 2 atom stereocenters. The highest BCUT2D eigenvalue weighted by Crippen LogP contribution is 2.34. The molecule has 0 bridgehead atoms. The van der Waals surface area contributed by atoms with Crippen LogP contribution in [0.1, 0.15) is 45.6 Å². The summed E-state index contributed by atoms with van der Waals surface area (Å²) in [5.41, 5.74) is -0.782. The monoisotopic (exact) mass is 280 g/mol. The van der Waals surface area contributed by atoms with Crippen LogP contribution in [0.2, 0.25) is 0 Å². The van der Waals surface area contributed by atoms with Gasteiger partial charge in [0.1, 0.15) is 11.4 Å². The lowest BCUT2D eigenvalue weighted by Crippen LogP contribution is -2.37. The fourth-order valence-corrected chi connectivity index (χ4v) is 2.31. The van der Waals surface area contributed by atoms with Gasteiger partial charge < -0.3 is 14.9 Å². The molecule has 1 aromatic rings. The molecule has 20 heavy (non-hydrogen) atoms. The van der Waals surface area contributed by atoms with Crippen LogP contribution in [0.4, 0.5) is 0 Å². The van der Waals surface area contributed by atoms with Gasteiger partial charge in [0, 0.05) is 0 Å². The van der Waals surface area contributed by atoms with Gasteiger partial charge in [-0.15, -0.1) is 0 Å². The zero-order valence-electron chi connectivity index (χ0n) is 12.4. The molecule has 1 rings (SSSR count). The summed E-state index contributed by atoms with van der Waals surface area (Å²) in [6.45, 7) is 6.04. The van der Waals surface area contributed by atoms with E-state index in [0.717, 1.165) is 12.8 Å². The number of benzene rings is 1. The maximum Gasteiger partial charge on any atom is 0.309 e. The number of unbranched alkanes of at least 4 members (excludes halogenated alkanes) is 1. The van der Waals surface area contributed by atoms with Gasteiger partial charge >= 0.3 is 5.97 Å². The number of carboxylic acid groups (broad SMARTS) is 1. The second-order valence-corrected chi connectivity index (χ2v) is 5.14. The van der Waals surface area contributed by atoms with E-state index in [0.29, 0.717) is 24.3 Å². The number of carbonyl (C=O) groups is 1. The van der Waals surface area contributed by atoms with Gasteiger partial charge in [0.2, 0.25) is 0 Å². The van der Waals surface area contributed by atoms with E-state index in [-0.39, 0.29) is 0 Å². The Balaban J connectivity index is 2.96. The topological polar surface area (TPSA) is 66.8 Å². The number of aliphatic carboxylic acids is 1. The van der Waals surface area contributed by atoms with E-state index in [4.69, 9.17) is 4.74 Å². The maximum absolute atomic E-state index is 11.4. The minimum Gasteiger partial charge on any atom is -0.494 e. The summed E-state index contributed by atoms with van der Waals surface area (Å²) in [4.78, 5) is 11.4. The van der Waals surface area contributed by atoms with Gasteiger partial charge in [-0.2, -0.15) is 0 Å². The molecule has 0 amide bonds. The second-order valence-electron chi connectivity index (χ2n) is 5.14. The Morgan fingerprint density at radius 1 is 1.30 bits per heavy atom. The third kappa shape index (κ3) is 3.97. The van der Waals surface area contributed by atoms with E-state index in [1.807, 2.05) is 13.8 Å². The van der Waals surface area contributed by atoms with E-state index in [1.54, 1.807) is 31.2 Å². The van der Waals surface area contributed by atoms with E-state index in [9.17, 15) is 15.0 Å². The molecule has 2 N–H and O–H groups in total. The Morgan fingerprint density at radius 2 is 1.90 bits per heavy atom. The molecule has 0 aliphatic carbocycles. The molecule has 4 nitrogen and oxygen atoms in total. The van der Waals surface area contributed by atoms with Crippen LogP contribution in [0.15, 0.2) is 24.3 Å². The van der Waals surface area contributed by atoms with Crippen molar-refractivity contribution in [2.45, 2.75) is 45.6 Å². The summed E-state index contributed by atoms with van der Waals surface area (Å²) in [7, 11) is 0. The molecule has 0 radical (unpaired) electrons. The fraction of sp³-hybridized carbons (Fsp3) is 0.562. The molecular weight excluding hydrogens is 256 g/mol. The van der Waals surface area contributed by atoms with Crippen LogP contribution in [0.5, 0.6) is 5.75 Å². The molecule has 2 unspecified atom stereocenters. The fourth-order valence-electron chi connectivity index (χ4n) is 2.31. The first-order chi connectivity index (χ1) is 9.43. The van der Waals surface area contributed by atoms with Gasteiger partial charge in [-0.25, -0.2) is 0 Å². The van der Waals surface area contributed by atoms with Gasteiger partial charge in [0.05, 0.1) is 12.5 Å².